The standard InChI is InChI=1S/C13H18O2/c1-10(14)12-7-5-11(6-8-12)9-13(2,3)15-4/h5-8H,9H2,1-4H3. The lowest BCUT2D eigenvalue weighted by Crippen LogP contribution is -2.25. The van der Waals surface area contributed by atoms with Gasteiger partial charge in [-0.25, -0.2) is 0 Å². The molecule has 0 saturated carbocycles. The van der Waals surface area contributed by atoms with E-state index in [9.17, 15) is 4.79 Å². The highest BCUT2D eigenvalue weighted by Gasteiger charge is 2.16. The van der Waals surface area contributed by atoms with Crippen molar-refractivity contribution in [3.63, 3.8) is 0 Å². The van der Waals surface area contributed by atoms with Crippen molar-refractivity contribution in [2.75, 3.05) is 7.11 Å². The van der Waals surface area contributed by atoms with Crippen LogP contribution in [0.25, 0.3) is 0 Å². The van der Waals surface area contributed by atoms with Crippen LogP contribution in [0, 0.1) is 0 Å². The molecule has 0 aromatic heterocycles. The normalized spacial score (nSPS) is 11.5. The summed E-state index contributed by atoms with van der Waals surface area (Å²) in [4.78, 5) is 11.1. The second-order valence-corrected chi connectivity index (χ2v) is 4.39. The molecule has 0 spiro atoms. The molecule has 0 aliphatic heterocycles. The number of hydrogen-bond acceptors (Lipinski definition) is 2. The third kappa shape index (κ3) is 3.48. The lowest BCUT2D eigenvalue weighted by molar-refractivity contribution is 0.0232. The molecular weight excluding hydrogens is 188 g/mol. The number of carbonyl (C=O) groups excluding carboxylic acids is 1. The van der Waals surface area contributed by atoms with Crippen molar-refractivity contribution in [2.24, 2.45) is 0 Å². The molecule has 1 rings (SSSR count). The minimum Gasteiger partial charge on any atom is -0.378 e. The third-order valence-corrected chi connectivity index (χ3v) is 2.54. The summed E-state index contributed by atoms with van der Waals surface area (Å²) < 4.78 is 5.35. The van der Waals surface area contributed by atoms with Gasteiger partial charge in [-0.05, 0) is 26.3 Å². The van der Waals surface area contributed by atoms with E-state index in [0.29, 0.717) is 0 Å². The first kappa shape index (κ1) is 11.9. The molecule has 0 saturated heterocycles. The molecular formula is C13H18O2. The van der Waals surface area contributed by atoms with Crippen molar-refractivity contribution in [3.05, 3.63) is 35.4 Å². The van der Waals surface area contributed by atoms with Crippen molar-refractivity contribution < 1.29 is 9.53 Å². The van der Waals surface area contributed by atoms with Crippen LogP contribution >= 0.6 is 0 Å². The summed E-state index contributed by atoms with van der Waals surface area (Å²) in [5.41, 5.74) is 1.79. The predicted molar refractivity (Wildman–Crippen MR) is 61.2 cm³/mol. The molecule has 0 N–H and O–H groups in total. The fourth-order valence-electron chi connectivity index (χ4n) is 1.42. The number of benzene rings is 1. The molecule has 0 radical (unpaired) electrons. The summed E-state index contributed by atoms with van der Waals surface area (Å²) in [5.74, 6) is 0.104. The Labute approximate surface area is 91.3 Å². The molecule has 0 heterocycles. The Hall–Kier alpha value is -1.15. The summed E-state index contributed by atoms with van der Waals surface area (Å²) in [7, 11) is 1.71. The van der Waals surface area contributed by atoms with Crippen molar-refractivity contribution in [2.45, 2.75) is 32.8 Å². The lowest BCUT2D eigenvalue weighted by Gasteiger charge is -2.22. The number of rotatable bonds is 4. The number of methoxy groups -OCH3 is 1. The fraction of sp³-hybridized carbons (Fsp3) is 0.462. The van der Waals surface area contributed by atoms with Crippen LogP contribution in [0.1, 0.15) is 36.7 Å². The minimum absolute atomic E-state index is 0.104. The zero-order valence-corrected chi connectivity index (χ0v) is 9.83. The second kappa shape index (κ2) is 4.58. The molecule has 0 aliphatic carbocycles. The Kier molecular flexibility index (Phi) is 3.64. The average Bonchev–Trinajstić information content (AvgIpc) is 2.18. The molecule has 2 heteroatoms. The maximum atomic E-state index is 11.1. The molecule has 0 atom stereocenters. The van der Waals surface area contributed by atoms with Gasteiger partial charge in [-0.2, -0.15) is 0 Å². The van der Waals surface area contributed by atoms with Crippen LogP contribution in [0.5, 0.6) is 0 Å². The SMILES string of the molecule is COC(C)(C)Cc1ccc(C(C)=O)cc1. The molecule has 0 amide bonds. The van der Waals surface area contributed by atoms with E-state index in [0.717, 1.165) is 12.0 Å². The highest BCUT2D eigenvalue weighted by atomic mass is 16.5. The largest absolute Gasteiger partial charge is 0.378 e. The quantitative estimate of drug-likeness (QED) is 0.708. The van der Waals surface area contributed by atoms with Crippen LogP contribution in [0.2, 0.25) is 0 Å². The number of ketones is 1. The molecule has 2 nitrogen and oxygen atoms in total. The molecule has 15 heavy (non-hydrogen) atoms. The van der Waals surface area contributed by atoms with Gasteiger partial charge in [0.15, 0.2) is 5.78 Å². The maximum Gasteiger partial charge on any atom is 0.159 e. The predicted octanol–water partition coefficient (Wildman–Crippen LogP) is 2.86. The van der Waals surface area contributed by atoms with Crippen LogP contribution in [-0.2, 0) is 11.2 Å². The Morgan fingerprint density at radius 3 is 2.20 bits per heavy atom. The Morgan fingerprint density at radius 1 is 1.27 bits per heavy atom. The first-order chi connectivity index (χ1) is 6.94. The summed E-state index contributed by atoms with van der Waals surface area (Å²) in [6.45, 7) is 5.67. The van der Waals surface area contributed by atoms with E-state index in [1.54, 1.807) is 14.0 Å². The van der Waals surface area contributed by atoms with Crippen LogP contribution in [0.3, 0.4) is 0 Å². The number of hydrogen-bond donors (Lipinski definition) is 0. The molecule has 0 unspecified atom stereocenters. The molecule has 82 valence electrons. The van der Waals surface area contributed by atoms with Gasteiger partial charge in [-0.1, -0.05) is 24.3 Å². The van der Waals surface area contributed by atoms with Crippen molar-refractivity contribution in [1.82, 2.24) is 0 Å². The zero-order valence-electron chi connectivity index (χ0n) is 9.83. The van der Waals surface area contributed by atoms with Gasteiger partial charge in [0, 0.05) is 19.1 Å². The van der Waals surface area contributed by atoms with Gasteiger partial charge in [0.1, 0.15) is 0 Å². The van der Waals surface area contributed by atoms with Gasteiger partial charge < -0.3 is 4.74 Å². The summed E-state index contributed by atoms with van der Waals surface area (Å²) in [6, 6.07) is 7.70. The van der Waals surface area contributed by atoms with E-state index in [2.05, 4.69) is 0 Å². The number of ether oxygens (including phenoxy) is 1. The van der Waals surface area contributed by atoms with Gasteiger partial charge >= 0.3 is 0 Å². The van der Waals surface area contributed by atoms with Crippen LogP contribution < -0.4 is 0 Å². The van der Waals surface area contributed by atoms with E-state index in [1.807, 2.05) is 38.1 Å². The summed E-state index contributed by atoms with van der Waals surface area (Å²) >= 11 is 0. The van der Waals surface area contributed by atoms with E-state index in [1.165, 1.54) is 5.56 Å². The van der Waals surface area contributed by atoms with E-state index in [4.69, 9.17) is 4.74 Å². The maximum absolute atomic E-state index is 11.1. The van der Waals surface area contributed by atoms with E-state index in [-0.39, 0.29) is 11.4 Å². The molecule has 0 aliphatic rings. The highest BCUT2D eigenvalue weighted by molar-refractivity contribution is 5.93. The van der Waals surface area contributed by atoms with Gasteiger partial charge in [0.05, 0.1) is 5.60 Å². The molecule has 1 aromatic carbocycles. The summed E-state index contributed by atoms with van der Waals surface area (Å²) in [5, 5.41) is 0. The number of carbonyl (C=O) groups is 1. The topological polar surface area (TPSA) is 26.3 Å². The highest BCUT2D eigenvalue weighted by Crippen LogP contribution is 2.16. The van der Waals surface area contributed by atoms with Crippen molar-refractivity contribution >= 4 is 5.78 Å². The average molecular weight is 206 g/mol. The Morgan fingerprint density at radius 2 is 1.80 bits per heavy atom. The third-order valence-electron chi connectivity index (χ3n) is 2.54. The summed E-state index contributed by atoms with van der Waals surface area (Å²) in [6.07, 6.45) is 0.849. The number of Topliss-reactive ketones (excluding diaryl/α,β-unsaturated/α-hetero) is 1. The zero-order chi connectivity index (χ0) is 11.5. The van der Waals surface area contributed by atoms with Crippen LogP contribution in [-0.4, -0.2) is 18.5 Å². The van der Waals surface area contributed by atoms with Crippen LogP contribution in [0.4, 0.5) is 0 Å². The van der Waals surface area contributed by atoms with Crippen molar-refractivity contribution in [3.8, 4) is 0 Å². The minimum atomic E-state index is -0.155. The first-order valence-corrected chi connectivity index (χ1v) is 5.09. The molecule has 0 bridgehead atoms. The molecule has 0 fully saturated rings. The molecule has 1 aromatic rings. The monoisotopic (exact) mass is 206 g/mol. The fourth-order valence-corrected chi connectivity index (χ4v) is 1.42. The lowest BCUT2D eigenvalue weighted by atomic mass is 9.97. The van der Waals surface area contributed by atoms with Gasteiger partial charge in [-0.15, -0.1) is 0 Å². The van der Waals surface area contributed by atoms with Crippen LogP contribution in [0.15, 0.2) is 24.3 Å². The van der Waals surface area contributed by atoms with Crippen molar-refractivity contribution in [1.29, 1.82) is 0 Å². The van der Waals surface area contributed by atoms with E-state index >= 15 is 0 Å². The van der Waals surface area contributed by atoms with E-state index < -0.39 is 0 Å². The first-order valence-electron chi connectivity index (χ1n) is 5.09. The van der Waals surface area contributed by atoms with Gasteiger partial charge in [0.2, 0.25) is 0 Å². The van der Waals surface area contributed by atoms with Gasteiger partial charge in [-0.3, -0.25) is 4.79 Å². The Bertz CT molecular complexity index is 336. The second-order valence-electron chi connectivity index (χ2n) is 4.39. The smallest absolute Gasteiger partial charge is 0.159 e. The Balaban J connectivity index is 2.77. The van der Waals surface area contributed by atoms with Gasteiger partial charge in [0.25, 0.3) is 0 Å².